The first-order valence-corrected chi connectivity index (χ1v) is 6.58. The molecule has 0 radical (unpaired) electrons. The Morgan fingerprint density at radius 1 is 1.42 bits per heavy atom. The predicted octanol–water partition coefficient (Wildman–Crippen LogP) is 1.64. The van der Waals surface area contributed by atoms with Crippen molar-refractivity contribution in [3.05, 3.63) is 35.4 Å². The summed E-state index contributed by atoms with van der Waals surface area (Å²) in [6.45, 7) is 8.30. The van der Waals surface area contributed by atoms with Crippen molar-refractivity contribution >= 4 is 5.84 Å². The Kier molecular flexibility index (Phi) is 6.92. The molecule has 0 heterocycles. The Balaban J connectivity index is 2.64. The van der Waals surface area contributed by atoms with Gasteiger partial charge in [-0.1, -0.05) is 30.3 Å². The van der Waals surface area contributed by atoms with Gasteiger partial charge in [-0.2, -0.15) is 0 Å². The third-order valence-electron chi connectivity index (χ3n) is 2.94. The Labute approximate surface area is 114 Å². The Morgan fingerprint density at radius 3 is 2.84 bits per heavy atom. The fraction of sp³-hybridized carbons (Fsp3) is 0.500. The van der Waals surface area contributed by atoms with Gasteiger partial charge < -0.3 is 15.7 Å². The highest BCUT2D eigenvalue weighted by molar-refractivity contribution is 5.97. The molecule has 5 heteroatoms. The van der Waals surface area contributed by atoms with Crippen LogP contribution in [0.15, 0.2) is 29.4 Å². The molecule has 1 aromatic carbocycles. The molecule has 0 spiro atoms. The lowest BCUT2D eigenvalue weighted by Crippen LogP contribution is -2.27. The van der Waals surface area contributed by atoms with Crippen LogP contribution in [0.25, 0.3) is 0 Å². The molecule has 0 atom stereocenters. The molecule has 1 aromatic rings. The average Bonchev–Trinajstić information content (AvgIpc) is 2.45. The lowest BCUT2D eigenvalue weighted by Gasteiger charge is -2.20. The molecule has 0 unspecified atom stereocenters. The van der Waals surface area contributed by atoms with Crippen molar-refractivity contribution in [2.75, 3.05) is 26.3 Å². The van der Waals surface area contributed by atoms with Crippen molar-refractivity contribution in [2.45, 2.75) is 20.4 Å². The van der Waals surface area contributed by atoms with Gasteiger partial charge in [-0.3, -0.25) is 4.90 Å². The highest BCUT2D eigenvalue weighted by atomic mass is 16.5. The number of amidine groups is 1. The Bertz CT molecular complexity index is 407. The van der Waals surface area contributed by atoms with Gasteiger partial charge in [0.2, 0.25) is 0 Å². The van der Waals surface area contributed by atoms with Crippen LogP contribution < -0.4 is 5.73 Å². The smallest absolute Gasteiger partial charge is 0.170 e. The molecule has 0 saturated heterocycles. The van der Waals surface area contributed by atoms with Gasteiger partial charge in [0.25, 0.3) is 0 Å². The standard InChI is InChI=1S/C14H23N3O2/c1-3-17(8-9-19-4-2)11-12-6-5-7-13(10-12)14(15)16-18/h5-7,10,18H,3-4,8-9,11H2,1-2H3,(H2,15,16). The SMILES string of the molecule is CCOCCN(CC)Cc1cccc(C(N)=NO)c1. The van der Waals surface area contributed by atoms with Gasteiger partial charge in [-0.25, -0.2) is 0 Å². The fourth-order valence-electron chi connectivity index (χ4n) is 1.83. The monoisotopic (exact) mass is 265 g/mol. The van der Waals surface area contributed by atoms with Crippen LogP contribution in [0.4, 0.5) is 0 Å². The molecule has 0 saturated carbocycles. The Hall–Kier alpha value is -1.59. The highest BCUT2D eigenvalue weighted by Gasteiger charge is 2.05. The van der Waals surface area contributed by atoms with Crippen LogP contribution in [-0.4, -0.2) is 42.2 Å². The number of nitrogens with zero attached hydrogens (tertiary/aromatic N) is 2. The third-order valence-corrected chi connectivity index (χ3v) is 2.94. The van der Waals surface area contributed by atoms with Crippen molar-refractivity contribution in [1.82, 2.24) is 4.90 Å². The number of hydrogen-bond donors (Lipinski definition) is 2. The summed E-state index contributed by atoms with van der Waals surface area (Å²) in [4.78, 5) is 2.29. The third kappa shape index (κ3) is 5.28. The predicted molar refractivity (Wildman–Crippen MR) is 76.4 cm³/mol. The van der Waals surface area contributed by atoms with Crippen molar-refractivity contribution in [3.8, 4) is 0 Å². The van der Waals surface area contributed by atoms with Gasteiger partial charge >= 0.3 is 0 Å². The number of ether oxygens (including phenoxy) is 1. The summed E-state index contributed by atoms with van der Waals surface area (Å²) in [6.07, 6.45) is 0. The molecule has 0 aliphatic carbocycles. The van der Waals surface area contributed by atoms with Gasteiger partial charge in [0.1, 0.15) is 0 Å². The first-order valence-electron chi connectivity index (χ1n) is 6.58. The second kappa shape index (κ2) is 8.50. The normalized spacial score (nSPS) is 12.1. The molecule has 5 nitrogen and oxygen atoms in total. The topological polar surface area (TPSA) is 71.1 Å². The molecule has 106 valence electrons. The summed E-state index contributed by atoms with van der Waals surface area (Å²) in [5.74, 6) is 0.138. The van der Waals surface area contributed by atoms with E-state index in [1.54, 1.807) is 0 Å². The summed E-state index contributed by atoms with van der Waals surface area (Å²) in [5, 5.41) is 11.7. The summed E-state index contributed by atoms with van der Waals surface area (Å²) in [7, 11) is 0. The first kappa shape index (κ1) is 15.5. The quantitative estimate of drug-likeness (QED) is 0.246. The van der Waals surface area contributed by atoms with Gasteiger partial charge in [0, 0.05) is 25.3 Å². The number of oxime groups is 1. The highest BCUT2D eigenvalue weighted by Crippen LogP contribution is 2.08. The van der Waals surface area contributed by atoms with E-state index in [0.29, 0.717) is 0 Å². The van der Waals surface area contributed by atoms with E-state index in [1.165, 1.54) is 0 Å². The van der Waals surface area contributed by atoms with Gasteiger partial charge in [0.15, 0.2) is 5.84 Å². The molecule has 0 bridgehead atoms. The van der Waals surface area contributed by atoms with Crippen LogP contribution in [-0.2, 0) is 11.3 Å². The second-order valence-corrected chi connectivity index (χ2v) is 4.25. The van der Waals surface area contributed by atoms with Crippen LogP contribution in [0.5, 0.6) is 0 Å². The molecule has 0 aliphatic heterocycles. The summed E-state index contributed by atoms with van der Waals surface area (Å²) in [5.41, 5.74) is 7.47. The van der Waals surface area contributed by atoms with Crippen LogP contribution in [0.3, 0.4) is 0 Å². The van der Waals surface area contributed by atoms with Crippen LogP contribution in [0.1, 0.15) is 25.0 Å². The van der Waals surface area contributed by atoms with Crippen LogP contribution >= 0.6 is 0 Å². The van der Waals surface area contributed by atoms with E-state index >= 15 is 0 Å². The average molecular weight is 265 g/mol. The summed E-state index contributed by atoms with van der Waals surface area (Å²) >= 11 is 0. The van der Waals surface area contributed by atoms with E-state index in [4.69, 9.17) is 15.7 Å². The van der Waals surface area contributed by atoms with Gasteiger partial charge in [-0.15, -0.1) is 0 Å². The maximum absolute atomic E-state index is 8.69. The maximum atomic E-state index is 8.69. The van der Waals surface area contributed by atoms with Crippen molar-refractivity contribution < 1.29 is 9.94 Å². The van der Waals surface area contributed by atoms with E-state index in [1.807, 2.05) is 31.2 Å². The number of likely N-dealkylation sites (N-methyl/N-ethyl adjacent to an activating group) is 1. The van der Waals surface area contributed by atoms with E-state index in [0.717, 1.165) is 44.0 Å². The van der Waals surface area contributed by atoms with Gasteiger partial charge in [-0.05, 0) is 25.1 Å². The molecule has 0 amide bonds. The van der Waals surface area contributed by atoms with Gasteiger partial charge in [0.05, 0.1) is 6.61 Å². The molecule has 19 heavy (non-hydrogen) atoms. The first-order chi connectivity index (χ1) is 9.21. The van der Waals surface area contributed by atoms with Crippen LogP contribution in [0.2, 0.25) is 0 Å². The molecular formula is C14H23N3O2. The molecule has 0 aliphatic rings. The zero-order valence-electron chi connectivity index (χ0n) is 11.7. The number of nitrogens with two attached hydrogens (primary N) is 1. The molecule has 1 rings (SSSR count). The number of benzene rings is 1. The minimum Gasteiger partial charge on any atom is -0.409 e. The minimum atomic E-state index is 0.138. The maximum Gasteiger partial charge on any atom is 0.170 e. The summed E-state index contributed by atoms with van der Waals surface area (Å²) in [6, 6.07) is 7.73. The number of rotatable bonds is 8. The van der Waals surface area contributed by atoms with Crippen molar-refractivity contribution in [1.29, 1.82) is 0 Å². The van der Waals surface area contributed by atoms with Crippen molar-refractivity contribution in [3.63, 3.8) is 0 Å². The molecule has 0 fully saturated rings. The lowest BCUT2D eigenvalue weighted by atomic mass is 10.1. The van der Waals surface area contributed by atoms with E-state index in [2.05, 4.69) is 17.0 Å². The summed E-state index contributed by atoms with van der Waals surface area (Å²) < 4.78 is 5.37. The van der Waals surface area contributed by atoms with E-state index < -0.39 is 0 Å². The largest absolute Gasteiger partial charge is 0.409 e. The zero-order valence-corrected chi connectivity index (χ0v) is 11.7. The van der Waals surface area contributed by atoms with E-state index in [9.17, 15) is 0 Å². The Morgan fingerprint density at radius 2 is 2.21 bits per heavy atom. The molecule has 3 N–H and O–H groups in total. The van der Waals surface area contributed by atoms with E-state index in [-0.39, 0.29) is 5.84 Å². The second-order valence-electron chi connectivity index (χ2n) is 4.25. The van der Waals surface area contributed by atoms with Crippen LogP contribution in [0, 0.1) is 0 Å². The zero-order chi connectivity index (χ0) is 14.1. The lowest BCUT2D eigenvalue weighted by molar-refractivity contribution is 0.113. The minimum absolute atomic E-state index is 0.138. The molecular weight excluding hydrogens is 242 g/mol. The number of hydrogen-bond acceptors (Lipinski definition) is 4. The molecule has 0 aromatic heterocycles. The fourth-order valence-corrected chi connectivity index (χ4v) is 1.83. The van der Waals surface area contributed by atoms with Crippen molar-refractivity contribution in [2.24, 2.45) is 10.9 Å².